The topological polar surface area (TPSA) is 79.5 Å². The lowest BCUT2D eigenvalue weighted by molar-refractivity contribution is -0.192. The van der Waals surface area contributed by atoms with Gasteiger partial charge in [-0.05, 0) is 43.5 Å². The predicted octanol–water partition coefficient (Wildman–Crippen LogP) is 1.60. The van der Waals surface area contributed by atoms with Crippen LogP contribution in [0.3, 0.4) is 0 Å². The van der Waals surface area contributed by atoms with Gasteiger partial charge >= 0.3 is 12.1 Å². The Balaban J connectivity index is 0.000000193. The van der Waals surface area contributed by atoms with Gasteiger partial charge in [-0.15, -0.1) is 10.2 Å². The summed E-state index contributed by atoms with van der Waals surface area (Å²) in [5.41, 5.74) is 2.23. The molecule has 3 atom stereocenters. The lowest BCUT2D eigenvalue weighted by Crippen LogP contribution is -2.21. The van der Waals surface area contributed by atoms with E-state index in [9.17, 15) is 13.2 Å². The first-order valence-corrected chi connectivity index (χ1v) is 7.11. The van der Waals surface area contributed by atoms with Crippen molar-refractivity contribution in [2.45, 2.75) is 19.0 Å². The summed E-state index contributed by atoms with van der Waals surface area (Å²) >= 11 is 0. The van der Waals surface area contributed by atoms with Crippen molar-refractivity contribution in [1.82, 2.24) is 19.9 Å². The number of aromatic nitrogens is 3. The molecule has 2 aromatic heterocycles. The molecule has 9 heteroatoms. The molecule has 1 aliphatic heterocycles. The van der Waals surface area contributed by atoms with Gasteiger partial charge < -0.3 is 10.4 Å². The number of piperidine rings is 1. The van der Waals surface area contributed by atoms with Crippen molar-refractivity contribution in [2.24, 2.45) is 11.8 Å². The van der Waals surface area contributed by atoms with Crippen molar-refractivity contribution in [3.63, 3.8) is 0 Å². The van der Waals surface area contributed by atoms with Gasteiger partial charge in [0, 0.05) is 12.1 Å². The molecule has 4 rings (SSSR count). The van der Waals surface area contributed by atoms with E-state index in [1.807, 2.05) is 6.07 Å². The average Bonchev–Trinajstić information content (AvgIpc) is 2.86. The minimum atomic E-state index is -5.08. The number of alkyl halides is 3. The third kappa shape index (κ3) is 3.00. The maximum atomic E-state index is 10.6. The molecule has 23 heavy (non-hydrogen) atoms. The van der Waals surface area contributed by atoms with Crippen LogP contribution >= 0.6 is 0 Å². The second-order valence-corrected chi connectivity index (χ2v) is 5.81. The fourth-order valence-corrected chi connectivity index (χ4v) is 3.04. The van der Waals surface area contributed by atoms with E-state index < -0.39 is 12.1 Å². The SMILES string of the molecule is Cc1ccc2nnc(C3[C@H]4CNC[C@@H]34)n2c1.O=C(O)C(F)(F)F. The zero-order valence-electron chi connectivity index (χ0n) is 12.2. The fraction of sp³-hybridized carbons (Fsp3) is 0.500. The Kier molecular flexibility index (Phi) is 3.75. The van der Waals surface area contributed by atoms with Crippen LogP contribution in [-0.4, -0.2) is 44.9 Å². The van der Waals surface area contributed by atoms with E-state index in [0.29, 0.717) is 5.92 Å². The molecule has 3 heterocycles. The van der Waals surface area contributed by atoms with Gasteiger partial charge in [0.1, 0.15) is 5.82 Å². The van der Waals surface area contributed by atoms with Crippen molar-refractivity contribution >= 4 is 11.6 Å². The number of rotatable bonds is 1. The first-order chi connectivity index (χ1) is 10.8. The molecular weight excluding hydrogens is 313 g/mol. The number of fused-ring (bicyclic) bond motifs is 2. The molecule has 0 bridgehead atoms. The van der Waals surface area contributed by atoms with Gasteiger partial charge in [0.05, 0.1) is 0 Å². The summed E-state index contributed by atoms with van der Waals surface area (Å²) in [5, 5.41) is 19.1. The van der Waals surface area contributed by atoms with Crippen LogP contribution in [-0.2, 0) is 4.79 Å². The number of nitrogens with zero attached hydrogens (tertiary/aromatic N) is 3. The van der Waals surface area contributed by atoms with Crippen LogP contribution in [0.4, 0.5) is 13.2 Å². The number of nitrogens with one attached hydrogen (secondary N) is 1. The molecule has 2 aliphatic rings. The number of carboxylic acid groups (broad SMARTS) is 1. The molecule has 1 aliphatic carbocycles. The molecule has 2 N–H and O–H groups in total. The summed E-state index contributed by atoms with van der Waals surface area (Å²) in [6, 6.07) is 4.13. The third-order valence-electron chi connectivity index (χ3n) is 4.21. The summed E-state index contributed by atoms with van der Waals surface area (Å²) in [5.74, 6) is 0.640. The smallest absolute Gasteiger partial charge is 0.475 e. The second-order valence-electron chi connectivity index (χ2n) is 5.81. The Labute approximate surface area is 129 Å². The molecule has 0 radical (unpaired) electrons. The number of halogens is 3. The number of carbonyl (C=O) groups is 1. The molecule has 1 saturated heterocycles. The van der Waals surface area contributed by atoms with E-state index in [-0.39, 0.29) is 0 Å². The maximum Gasteiger partial charge on any atom is 0.490 e. The summed E-state index contributed by atoms with van der Waals surface area (Å²) in [6.07, 6.45) is -2.94. The van der Waals surface area contributed by atoms with Gasteiger partial charge in [0.25, 0.3) is 0 Å². The molecule has 0 spiro atoms. The van der Waals surface area contributed by atoms with Crippen molar-refractivity contribution in [1.29, 1.82) is 0 Å². The zero-order chi connectivity index (χ0) is 16.8. The normalized spacial score (nSPS) is 25.7. The number of aryl methyl sites for hydroxylation is 1. The van der Waals surface area contributed by atoms with Crippen molar-refractivity contribution in [3.05, 3.63) is 29.7 Å². The molecular formula is C14H15F3N4O2. The van der Waals surface area contributed by atoms with Gasteiger partial charge in [-0.3, -0.25) is 4.40 Å². The van der Waals surface area contributed by atoms with Gasteiger partial charge in [0.2, 0.25) is 0 Å². The van der Waals surface area contributed by atoms with Crippen LogP contribution in [0.15, 0.2) is 18.3 Å². The highest BCUT2D eigenvalue weighted by Gasteiger charge is 2.55. The Hall–Kier alpha value is -2.16. The standard InChI is InChI=1S/C12H14N4.C2HF3O2/c1-7-2-3-10-14-15-12(16(10)6-7)11-8-4-13-5-9(8)11;3-2(4,5)1(6)7/h2-3,6,8-9,11,13H,4-5H2,1H3;(H,6,7)/t8-,9+,11?;. The lowest BCUT2D eigenvalue weighted by atomic mass is 10.2. The molecule has 2 fully saturated rings. The summed E-state index contributed by atoms with van der Waals surface area (Å²) in [7, 11) is 0. The molecule has 1 saturated carbocycles. The zero-order valence-corrected chi connectivity index (χ0v) is 12.2. The van der Waals surface area contributed by atoms with Crippen LogP contribution in [0.1, 0.15) is 17.3 Å². The van der Waals surface area contributed by atoms with E-state index in [1.165, 1.54) is 5.56 Å². The highest BCUT2D eigenvalue weighted by molar-refractivity contribution is 5.73. The second kappa shape index (κ2) is 5.48. The monoisotopic (exact) mass is 328 g/mol. The van der Waals surface area contributed by atoms with E-state index in [4.69, 9.17) is 9.90 Å². The van der Waals surface area contributed by atoms with E-state index in [0.717, 1.165) is 36.4 Å². The Morgan fingerprint density at radius 2 is 1.91 bits per heavy atom. The van der Waals surface area contributed by atoms with Crippen molar-refractivity contribution < 1.29 is 23.1 Å². The van der Waals surface area contributed by atoms with Gasteiger partial charge in [0.15, 0.2) is 5.65 Å². The van der Waals surface area contributed by atoms with Crippen LogP contribution in [0.5, 0.6) is 0 Å². The summed E-state index contributed by atoms with van der Waals surface area (Å²) < 4.78 is 33.9. The Morgan fingerprint density at radius 1 is 1.30 bits per heavy atom. The van der Waals surface area contributed by atoms with E-state index in [1.54, 1.807) is 0 Å². The largest absolute Gasteiger partial charge is 0.490 e. The fourth-order valence-electron chi connectivity index (χ4n) is 3.04. The molecule has 1 unspecified atom stereocenters. The first-order valence-electron chi connectivity index (χ1n) is 7.11. The Bertz CT molecular complexity index is 733. The maximum absolute atomic E-state index is 10.6. The molecule has 2 aromatic rings. The van der Waals surface area contributed by atoms with Crippen LogP contribution in [0.25, 0.3) is 5.65 Å². The van der Waals surface area contributed by atoms with E-state index in [2.05, 4.69) is 39.1 Å². The number of hydrogen-bond donors (Lipinski definition) is 2. The average molecular weight is 328 g/mol. The molecule has 0 amide bonds. The van der Waals surface area contributed by atoms with Crippen LogP contribution in [0, 0.1) is 18.8 Å². The minimum absolute atomic E-state index is 0.637. The minimum Gasteiger partial charge on any atom is -0.475 e. The third-order valence-corrected chi connectivity index (χ3v) is 4.21. The van der Waals surface area contributed by atoms with Gasteiger partial charge in [-0.1, -0.05) is 6.07 Å². The summed E-state index contributed by atoms with van der Waals surface area (Å²) in [6.45, 7) is 4.41. The highest BCUT2D eigenvalue weighted by atomic mass is 19.4. The first kappa shape index (κ1) is 15.7. The van der Waals surface area contributed by atoms with Gasteiger partial charge in [-0.2, -0.15) is 13.2 Å². The van der Waals surface area contributed by atoms with E-state index >= 15 is 0 Å². The molecule has 0 aromatic carbocycles. The van der Waals surface area contributed by atoms with Crippen molar-refractivity contribution in [2.75, 3.05) is 13.1 Å². The lowest BCUT2D eigenvalue weighted by Gasteiger charge is -2.03. The number of aliphatic carboxylic acids is 1. The summed E-state index contributed by atoms with van der Waals surface area (Å²) in [4.78, 5) is 8.90. The predicted molar refractivity (Wildman–Crippen MR) is 74.0 cm³/mol. The number of hydrogen-bond acceptors (Lipinski definition) is 4. The number of carboxylic acids is 1. The van der Waals surface area contributed by atoms with Crippen LogP contribution < -0.4 is 5.32 Å². The van der Waals surface area contributed by atoms with Crippen LogP contribution in [0.2, 0.25) is 0 Å². The van der Waals surface area contributed by atoms with Gasteiger partial charge in [-0.25, -0.2) is 4.79 Å². The van der Waals surface area contributed by atoms with Crippen molar-refractivity contribution in [3.8, 4) is 0 Å². The highest BCUT2D eigenvalue weighted by Crippen LogP contribution is 2.55. The molecule has 124 valence electrons. The Morgan fingerprint density at radius 3 is 2.48 bits per heavy atom. The quantitative estimate of drug-likeness (QED) is 0.831. The molecule has 6 nitrogen and oxygen atoms in total. The number of pyridine rings is 1.